The molecule has 18 heavy (non-hydrogen) atoms. The van der Waals surface area contributed by atoms with Crippen molar-refractivity contribution in [3.05, 3.63) is 40.2 Å². The molecule has 0 saturated heterocycles. The van der Waals surface area contributed by atoms with Crippen LogP contribution in [-0.2, 0) is 0 Å². The van der Waals surface area contributed by atoms with Crippen LogP contribution >= 0.6 is 0 Å². The zero-order valence-electron chi connectivity index (χ0n) is 12.1. The number of benzene rings is 1. The molecule has 1 heterocycles. The lowest BCUT2D eigenvalue weighted by Crippen LogP contribution is -2.06. The van der Waals surface area contributed by atoms with Gasteiger partial charge in [0.25, 0.3) is 5.56 Å². The first-order valence-corrected chi connectivity index (χ1v) is 6.39. The average Bonchev–Trinajstić information content (AvgIpc) is 2.43. The number of H-pyrrole nitrogens is 1. The minimum atomic E-state index is -0.136. The van der Waals surface area contributed by atoms with Gasteiger partial charge in [-0.25, -0.2) is 0 Å². The third-order valence-corrected chi connectivity index (χ3v) is 2.29. The third-order valence-electron chi connectivity index (χ3n) is 2.29. The zero-order chi connectivity index (χ0) is 14.1. The summed E-state index contributed by atoms with van der Waals surface area (Å²) in [4.78, 5) is 13.9. The smallest absolute Gasteiger partial charge is 0.251 e. The number of hydrogen-bond acceptors (Lipinski definition) is 2. The molecule has 0 radical (unpaired) electrons. The Morgan fingerprint density at radius 3 is 2.22 bits per heavy atom. The number of ether oxygens (including phenoxy) is 1. The van der Waals surface area contributed by atoms with Gasteiger partial charge in [-0.1, -0.05) is 39.8 Å². The van der Waals surface area contributed by atoms with Crippen LogP contribution in [0, 0.1) is 6.92 Å². The number of methoxy groups -OCH3 is 1. The first-order valence-electron chi connectivity index (χ1n) is 6.39. The Kier molecular flexibility index (Phi) is 7.52. The van der Waals surface area contributed by atoms with Crippen molar-refractivity contribution in [2.45, 2.75) is 34.6 Å². The van der Waals surface area contributed by atoms with Gasteiger partial charge >= 0.3 is 0 Å². The lowest BCUT2D eigenvalue weighted by atomic mass is 10.1. The molecule has 0 fully saturated rings. The molecule has 0 atom stereocenters. The van der Waals surface area contributed by atoms with E-state index in [1.807, 2.05) is 52.8 Å². The van der Waals surface area contributed by atoms with Gasteiger partial charge in [0, 0.05) is 11.5 Å². The van der Waals surface area contributed by atoms with E-state index >= 15 is 0 Å². The molecule has 0 aliphatic carbocycles. The first kappa shape index (κ1) is 16.2. The van der Waals surface area contributed by atoms with Gasteiger partial charge in [-0.2, -0.15) is 0 Å². The summed E-state index contributed by atoms with van der Waals surface area (Å²) >= 11 is 0. The van der Waals surface area contributed by atoms with Gasteiger partial charge in [0.1, 0.15) is 0 Å². The highest BCUT2D eigenvalue weighted by atomic mass is 16.5. The quantitative estimate of drug-likeness (QED) is 0.833. The highest BCUT2D eigenvalue weighted by Crippen LogP contribution is 2.23. The Morgan fingerprint density at radius 1 is 1.06 bits per heavy atom. The van der Waals surface area contributed by atoms with Crippen molar-refractivity contribution in [1.29, 1.82) is 0 Å². The molecular weight excluding hydrogens is 226 g/mol. The van der Waals surface area contributed by atoms with Gasteiger partial charge in [-0.15, -0.1) is 0 Å². The first-order chi connectivity index (χ1) is 8.72. The lowest BCUT2D eigenvalue weighted by Gasteiger charge is -2.05. The van der Waals surface area contributed by atoms with E-state index in [4.69, 9.17) is 4.74 Å². The molecule has 0 bridgehead atoms. The molecule has 1 aromatic heterocycles. The highest BCUT2D eigenvalue weighted by Gasteiger charge is 2.04. The molecule has 1 N–H and O–H groups in total. The maximum atomic E-state index is 11.3. The van der Waals surface area contributed by atoms with Crippen molar-refractivity contribution >= 4 is 10.8 Å². The Bertz CT molecular complexity index is 529. The van der Waals surface area contributed by atoms with E-state index in [1.165, 1.54) is 0 Å². The van der Waals surface area contributed by atoms with Crippen LogP contribution in [0.4, 0.5) is 0 Å². The zero-order valence-corrected chi connectivity index (χ0v) is 12.1. The summed E-state index contributed by atoms with van der Waals surface area (Å²) < 4.78 is 5.11. The molecule has 0 amide bonds. The predicted molar refractivity (Wildman–Crippen MR) is 78.6 cm³/mol. The van der Waals surface area contributed by atoms with E-state index < -0.39 is 0 Å². The van der Waals surface area contributed by atoms with Crippen molar-refractivity contribution in [2.75, 3.05) is 7.11 Å². The normalized spacial score (nSPS) is 8.78. The summed E-state index contributed by atoms with van der Waals surface area (Å²) in [6.07, 6.45) is 0. The van der Waals surface area contributed by atoms with Gasteiger partial charge in [0.15, 0.2) is 0 Å². The standard InChI is InChI=1S/C11H11NO2.2C2H6/c1-7-4-3-5-8-9(7)6-10(13)12-11(8)14-2;2*1-2/h3-6H,1-2H3,(H,12,13);2*1-2H3. The fraction of sp³-hybridized carbons (Fsp3) is 0.400. The van der Waals surface area contributed by atoms with Gasteiger partial charge in [-0.05, 0) is 23.9 Å². The van der Waals surface area contributed by atoms with Crippen LogP contribution < -0.4 is 10.3 Å². The summed E-state index contributed by atoms with van der Waals surface area (Å²) in [6.45, 7) is 9.97. The van der Waals surface area contributed by atoms with Crippen LogP contribution in [0.3, 0.4) is 0 Å². The fourth-order valence-corrected chi connectivity index (χ4v) is 1.58. The van der Waals surface area contributed by atoms with Crippen molar-refractivity contribution in [3.8, 4) is 5.88 Å². The van der Waals surface area contributed by atoms with Crippen LogP contribution in [0.1, 0.15) is 33.3 Å². The molecule has 1 aromatic carbocycles. The summed E-state index contributed by atoms with van der Waals surface area (Å²) in [5, 5.41) is 1.88. The molecule has 3 nitrogen and oxygen atoms in total. The van der Waals surface area contributed by atoms with Crippen LogP contribution in [0.5, 0.6) is 5.88 Å². The number of aromatic amines is 1. The van der Waals surface area contributed by atoms with Crippen LogP contribution in [0.25, 0.3) is 10.8 Å². The fourth-order valence-electron chi connectivity index (χ4n) is 1.58. The summed E-state index contributed by atoms with van der Waals surface area (Å²) in [5.41, 5.74) is 0.940. The molecule has 100 valence electrons. The molecule has 0 spiro atoms. The van der Waals surface area contributed by atoms with Crippen LogP contribution in [0.15, 0.2) is 29.1 Å². The number of nitrogens with one attached hydrogen (secondary N) is 1. The van der Waals surface area contributed by atoms with E-state index in [0.29, 0.717) is 5.88 Å². The lowest BCUT2D eigenvalue weighted by molar-refractivity contribution is 0.402. The molecule has 0 aliphatic rings. The van der Waals surface area contributed by atoms with Crippen molar-refractivity contribution in [1.82, 2.24) is 4.98 Å². The van der Waals surface area contributed by atoms with E-state index in [0.717, 1.165) is 16.3 Å². The Hall–Kier alpha value is -1.77. The van der Waals surface area contributed by atoms with E-state index in [2.05, 4.69) is 4.98 Å². The second-order valence-electron chi connectivity index (χ2n) is 3.20. The van der Waals surface area contributed by atoms with Gasteiger partial charge in [0.05, 0.1) is 7.11 Å². The number of fused-ring (bicyclic) bond motifs is 1. The van der Waals surface area contributed by atoms with Gasteiger partial charge in [0.2, 0.25) is 5.88 Å². The minimum absolute atomic E-state index is 0.136. The van der Waals surface area contributed by atoms with Crippen molar-refractivity contribution < 1.29 is 4.74 Å². The van der Waals surface area contributed by atoms with Crippen LogP contribution in [0.2, 0.25) is 0 Å². The van der Waals surface area contributed by atoms with Gasteiger partial charge in [-0.3, -0.25) is 9.78 Å². The number of rotatable bonds is 1. The SMILES string of the molecule is CC.CC.COc1[nH]c(=O)cc2c(C)cccc12. The number of pyridine rings is 1. The topological polar surface area (TPSA) is 42.1 Å². The Labute approximate surface area is 109 Å². The van der Waals surface area contributed by atoms with Crippen LogP contribution in [-0.4, -0.2) is 12.1 Å². The predicted octanol–water partition coefficient (Wildman–Crippen LogP) is 3.90. The maximum Gasteiger partial charge on any atom is 0.251 e. The number of aromatic nitrogens is 1. The molecule has 3 heteroatoms. The molecule has 0 saturated carbocycles. The monoisotopic (exact) mass is 249 g/mol. The molecule has 0 aliphatic heterocycles. The van der Waals surface area contributed by atoms with E-state index in [1.54, 1.807) is 13.2 Å². The highest BCUT2D eigenvalue weighted by molar-refractivity contribution is 5.89. The van der Waals surface area contributed by atoms with Gasteiger partial charge < -0.3 is 4.74 Å². The molecule has 2 rings (SSSR count). The minimum Gasteiger partial charge on any atom is -0.482 e. The average molecular weight is 249 g/mol. The summed E-state index contributed by atoms with van der Waals surface area (Å²) in [6, 6.07) is 7.43. The van der Waals surface area contributed by atoms with Crippen molar-refractivity contribution in [2.24, 2.45) is 0 Å². The van der Waals surface area contributed by atoms with E-state index in [-0.39, 0.29) is 5.56 Å². The second-order valence-corrected chi connectivity index (χ2v) is 3.20. The maximum absolute atomic E-state index is 11.3. The second kappa shape index (κ2) is 8.34. The summed E-state index contributed by atoms with van der Waals surface area (Å²) in [7, 11) is 1.55. The molecule has 2 aromatic rings. The number of aryl methyl sites for hydroxylation is 1. The molecule has 0 unspecified atom stereocenters. The molecular formula is C15H23NO2. The summed E-state index contributed by atoms with van der Waals surface area (Å²) in [5.74, 6) is 0.524. The van der Waals surface area contributed by atoms with Crippen molar-refractivity contribution in [3.63, 3.8) is 0 Å². The Morgan fingerprint density at radius 2 is 1.67 bits per heavy atom. The Balaban J connectivity index is 0.000000659. The van der Waals surface area contributed by atoms with E-state index in [9.17, 15) is 4.79 Å². The largest absolute Gasteiger partial charge is 0.482 e. The number of hydrogen-bond donors (Lipinski definition) is 1. The third kappa shape index (κ3) is 3.62.